The Labute approximate surface area is 159 Å². The third kappa shape index (κ3) is 3.54. The van der Waals surface area contributed by atoms with Crippen LogP contribution in [0.15, 0.2) is 21.7 Å². The van der Waals surface area contributed by atoms with Crippen LogP contribution in [-0.2, 0) is 13.0 Å². The minimum atomic E-state index is -1.64. The summed E-state index contributed by atoms with van der Waals surface area (Å²) in [5, 5.41) is 39.0. The Balaban J connectivity index is 2.29. The molecule has 0 amide bonds. The Kier molecular flexibility index (Phi) is 5.57. The lowest BCUT2D eigenvalue weighted by atomic mass is 10.0. The van der Waals surface area contributed by atoms with Crippen LogP contribution in [0.25, 0.3) is 22.6 Å². The summed E-state index contributed by atoms with van der Waals surface area (Å²) < 4.78 is 1.42. The monoisotopic (exact) mass is 390 g/mol. The number of aliphatic hydroxyl groups is 4. The van der Waals surface area contributed by atoms with Crippen molar-refractivity contribution >= 4 is 11.0 Å². The predicted octanol–water partition coefficient (Wildman–Crippen LogP) is -1.47. The summed E-state index contributed by atoms with van der Waals surface area (Å²) in [7, 11) is 0. The highest BCUT2D eigenvalue weighted by Gasteiger charge is 2.27. The van der Waals surface area contributed by atoms with E-state index in [-0.39, 0.29) is 18.1 Å². The number of H-pyrrole nitrogens is 1. The molecule has 0 saturated heterocycles. The van der Waals surface area contributed by atoms with Gasteiger partial charge in [-0.15, -0.1) is 0 Å². The van der Waals surface area contributed by atoms with Crippen LogP contribution in [-0.4, -0.2) is 64.9 Å². The summed E-state index contributed by atoms with van der Waals surface area (Å²) in [5.41, 5.74) is 1.28. The van der Waals surface area contributed by atoms with E-state index >= 15 is 0 Å². The molecule has 0 radical (unpaired) electrons. The maximum atomic E-state index is 12.2. The van der Waals surface area contributed by atoms with Gasteiger partial charge in [0.25, 0.3) is 5.56 Å². The zero-order valence-corrected chi connectivity index (χ0v) is 15.5. The van der Waals surface area contributed by atoms with Gasteiger partial charge in [-0.05, 0) is 36.6 Å². The molecule has 2 heterocycles. The molecule has 1 aromatic rings. The number of hydrogen-bond acceptors (Lipinski definition) is 8. The number of benzene rings is 1. The second kappa shape index (κ2) is 7.76. The number of nitrogens with one attached hydrogen (secondary N) is 1. The fourth-order valence-corrected chi connectivity index (χ4v) is 3.21. The maximum absolute atomic E-state index is 12.2. The normalized spacial score (nSPS) is 15.1. The van der Waals surface area contributed by atoms with Gasteiger partial charge in [-0.1, -0.05) is 6.92 Å². The second-order valence-electron chi connectivity index (χ2n) is 6.69. The molecule has 3 rings (SSSR count). The molecule has 0 fully saturated rings. The quantitative estimate of drug-likeness (QED) is 0.319. The summed E-state index contributed by atoms with van der Waals surface area (Å²) in [5.74, 6) is -0.0445. The number of fused-ring (bicyclic) bond motifs is 2. The summed E-state index contributed by atoms with van der Waals surface area (Å²) in [4.78, 5) is 34.2. The molecule has 28 heavy (non-hydrogen) atoms. The highest BCUT2D eigenvalue weighted by atomic mass is 16.4. The second-order valence-corrected chi connectivity index (χ2v) is 6.69. The first-order chi connectivity index (χ1) is 13.3. The molecule has 10 nitrogen and oxygen atoms in total. The van der Waals surface area contributed by atoms with E-state index in [4.69, 9.17) is 5.11 Å². The van der Waals surface area contributed by atoms with Gasteiger partial charge in [0.1, 0.15) is 18.3 Å². The van der Waals surface area contributed by atoms with E-state index in [0.717, 1.165) is 17.5 Å². The van der Waals surface area contributed by atoms with Crippen LogP contribution in [0.1, 0.15) is 18.1 Å². The molecule has 5 N–H and O–H groups in total. The van der Waals surface area contributed by atoms with Crippen molar-refractivity contribution in [1.29, 1.82) is 0 Å². The average molecular weight is 390 g/mol. The zero-order chi connectivity index (χ0) is 20.6. The van der Waals surface area contributed by atoms with E-state index in [9.17, 15) is 24.9 Å². The fraction of sp³-hybridized carbons (Fsp3) is 0.444. The van der Waals surface area contributed by atoms with Crippen molar-refractivity contribution in [2.45, 2.75) is 45.1 Å². The minimum absolute atomic E-state index is 0.0445. The van der Waals surface area contributed by atoms with Gasteiger partial charge in [0.15, 0.2) is 11.5 Å². The van der Waals surface area contributed by atoms with Crippen molar-refractivity contribution in [3.8, 4) is 11.5 Å². The standard InChI is InChI=1S/C18H22N4O6/c1-3-9-5-11-10(4-8(9)2)19-14-16(20-18(28)21-17(14)27)22(11)6-12(24)15(26)13(25)7-23/h4-5,12-13,15,23-26H,3,6-7H2,1-2H3,(H,21,27,28)/t12-,13+,15-/m0/s1. The van der Waals surface area contributed by atoms with Gasteiger partial charge in [-0.3, -0.25) is 9.78 Å². The summed E-state index contributed by atoms with van der Waals surface area (Å²) in [6, 6.07) is 3.62. The molecule has 0 saturated carbocycles. The highest BCUT2D eigenvalue weighted by Crippen LogP contribution is 2.25. The SMILES string of the molecule is CCc1cc2c(cc1C)nc1c(=O)[nH]c(=O)nc-1n2C[C@H](O)[C@H](O)[C@H](O)CO. The third-order valence-corrected chi connectivity index (χ3v) is 4.79. The largest absolute Gasteiger partial charge is 0.394 e. The van der Waals surface area contributed by atoms with Crippen LogP contribution in [0, 0.1) is 6.92 Å². The van der Waals surface area contributed by atoms with Gasteiger partial charge in [0.05, 0.1) is 24.2 Å². The molecule has 0 unspecified atom stereocenters. The van der Waals surface area contributed by atoms with Gasteiger partial charge in [0.2, 0.25) is 0 Å². The smallest absolute Gasteiger partial charge is 0.349 e. The van der Waals surface area contributed by atoms with Crippen LogP contribution in [0.5, 0.6) is 0 Å². The van der Waals surface area contributed by atoms with Crippen molar-refractivity contribution in [2.24, 2.45) is 0 Å². The minimum Gasteiger partial charge on any atom is -0.394 e. The van der Waals surface area contributed by atoms with E-state index in [0.29, 0.717) is 11.0 Å². The van der Waals surface area contributed by atoms with Crippen LogP contribution >= 0.6 is 0 Å². The van der Waals surface area contributed by atoms with Gasteiger partial charge < -0.3 is 25.0 Å². The molecule has 10 heteroatoms. The number of nitrogens with zero attached hydrogens (tertiary/aromatic N) is 3. The van der Waals surface area contributed by atoms with E-state index in [1.165, 1.54) is 4.57 Å². The Bertz CT molecular complexity index is 1090. The molecule has 150 valence electrons. The van der Waals surface area contributed by atoms with E-state index in [2.05, 4.69) is 15.0 Å². The number of aryl methyl sites for hydroxylation is 2. The molecule has 0 aliphatic carbocycles. The number of aromatic nitrogens is 4. The van der Waals surface area contributed by atoms with Gasteiger partial charge in [-0.2, -0.15) is 4.98 Å². The topological polar surface area (TPSA) is 162 Å². The van der Waals surface area contributed by atoms with Crippen LogP contribution in [0.2, 0.25) is 0 Å². The van der Waals surface area contributed by atoms with Gasteiger partial charge in [0, 0.05) is 0 Å². The number of aliphatic hydroxyl groups excluding tert-OH is 4. The van der Waals surface area contributed by atoms with Crippen molar-refractivity contribution in [1.82, 2.24) is 19.5 Å². The molecule has 1 aromatic carbocycles. The molecule has 0 aromatic heterocycles. The molecular weight excluding hydrogens is 368 g/mol. The Morgan fingerprint density at radius 1 is 1.14 bits per heavy atom. The molecule has 2 aliphatic rings. The summed E-state index contributed by atoms with van der Waals surface area (Å²) in [6.07, 6.45) is -3.96. The van der Waals surface area contributed by atoms with Crippen molar-refractivity contribution in [3.63, 3.8) is 0 Å². The predicted molar refractivity (Wildman–Crippen MR) is 100 cm³/mol. The first-order valence-electron chi connectivity index (χ1n) is 8.86. The van der Waals surface area contributed by atoms with E-state index < -0.39 is 36.2 Å². The molecular formula is C18H22N4O6. The van der Waals surface area contributed by atoms with Crippen molar-refractivity contribution < 1.29 is 20.4 Å². The van der Waals surface area contributed by atoms with Crippen LogP contribution in [0.3, 0.4) is 0 Å². The lowest BCUT2D eigenvalue weighted by molar-refractivity contribution is -0.0802. The zero-order valence-electron chi connectivity index (χ0n) is 15.5. The fourth-order valence-electron chi connectivity index (χ4n) is 3.21. The molecule has 0 spiro atoms. The summed E-state index contributed by atoms with van der Waals surface area (Å²) in [6.45, 7) is 2.87. The Morgan fingerprint density at radius 2 is 1.86 bits per heavy atom. The summed E-state index contributed by atoms with van der Waals surface area (Å²) >= 11 is 0. The number of rotatable bonds is 6. The number of hydrogen-bond donors (Lipinski definition) is 5. The number of aromatic amines is 1. The van der Waals surface area contributed by atoms with Crippen molar-refractivity contribution in [3.05, 3.63) is 44.1 Å². The third-order valence-electron chi connectivity index (χ3n) is 4.79. The van der Waals surface area contributed by atoms with Gasteiger partial charge in [-0.25, -0.2) is 9.78 Å². The Morgan fingerprint density at radius 3 is 2.50 bits per heavy atom. The molecule has 0 bridgehead atoms. The first-order valence-corrected chi connectivity index (χ1v) is 8.86. The van der Waals surface area contributed by atoms with E-state index in [1.807, 2.05) is 19.9 Å². The van der Waals surface area contributed by atoms with E-state index in [1.54, 1.807) is 6.07 Å². The molecule has 2 aliphatic heterocycles. The maximum Gasteiger partial charge on any atom is 0.349 e. The first kappa shape index (κ1) is 20.1. The van der Waals surface area contributed by atoms with Gasteiger partial charge >= 0.3 is 5.69 Å². The van der Waals surface area contributed by atoms with Crippen LogP contribution < -0.4 is 11.2 Å². The average Bonchev–Trinajstić information content (AvgIpc) is 2.66. The van der Waals surface area contributed by atoms with Crippen LogP contribution in [0.4, 0.5) is 0 Å². The molecule has 3 atom stereocenters. The van der Waals surface area contributed by atoms with Crippen molar-refractivity contribution in [2.75, 3.05) is 6.61 Å². The Hall–Kier alpha value is -2.66. The lowest BCUT2D eigenvalue weighted by Crippen LogP contribution is -2.42. The highest BCUT2D eigenvalue weighted by molar-refractivity contribution is 5.81. The lowest BCUT2D eigenvalue weighted by Gasteiger charge is -2.25.